The van der Waals surface area contributed by atoms with E-state index in [9.17, 15) is 4.79 Å². The molecule has 0 atom stereocenters. The molecule has 0 saturated heterocycles. The highest BCUT2D eigenvalue weighted by atomic mass is 32.1. The van der Waals surface area contributed by atoms with Gasteiger partial charge in [-0.05, 0) is 31.3 Å². The topological polar surface area (TPSA) is 41.1 Å². The van der Waals surface area contributed by atoms with E-state index < -0.39 is 0 Å². The zero-order chi connectivity index (χ0) is 11.8. The fourth-order valence-corrected chi connectivity index (χ4v) is 2.13. The van der Waals surface area contributed by atoms with Gasteiger partial charge in [0.1, 0.15) is 0 Å². The van der Waals surface area contributed by atoms with Crippen LogP contribution in [0.25, 0.3) is 0 Å². The van der Waals surface area contributed by atoms with Gasteiger partial charge in [0, 0.05) is 18.3 Å². The molecule has 2 N–H and O–H groups in total. The first-order valence-electron chi connectivity index (χ1n) is 5.40. The lowest BCUT2D eigenvalue weighted by molar-refractivity contribution is -0.114. The number of rotatable bonds is 6. The number of anilines is 1. The summed E-state index contributed by atoms with van der Waals surface area (Å²) in [6.07, 6.45) is 5.23. The van der Waals surface area contributed by atoms with Crippen molar-refractivity contribution in [2.24, 2.45) is 0 Å². The first-order chi connectivity index (χ1) is 7.74. The summed E-state index contributed by atoms with van der Waals surface area (Å²) in [5.74, 6) is -0.0198. The first-order valence-corrected chi connectivity index (χ1v) is 6.28. The van der Waals surface area contributed by atoms with E-state index >= 15 is 0 Å². The molecule has 1 heterocycles. The van der Waals surface area contributed by atoms with Crippen LogP contribution in [0, 0.1) is 0 Å². The van der Waals surface area contributed by atoms with E-state index in [2.05, 4.69) is 22.8 Å². The zero-order valence-corrected chi connectivity index (χ0v) is 10.6. The molecule has 0 aliphatic rings. The second-order valence-electron chi connectivity index (χ2n) is 3.47. The van der Waals surface area contributed by atoms with E-state index in [1.807, 2.05) is 18.4 Å². The average molecular weight is 238 g/mol. The third-order valence-corrected chi connectivity index (χ3v) is 2.99. The molecular weight excluding hydrogens is 220 g/mol. The van der Waals surface area contributed by atoms with Crippen LogP contribution in [-0.4, -0.2) is 12.5 Å². The van der Waals surface area contributed by atoms with Gasteiger partial charge in [-0.2, -0.15) is 0 Å². The van der Waals surface area contributed by atoms with Gasteiger partial charge >= 0.3 is 0 Å². The molecule has 3 nitrogen and oxygen atoms in total. The molecular formula is C12H18N2OS. The SMILES string of the molecule is C/C=C/CCNCc1sccc1NC(C)=O. The van der Waals surface area contributed by atoms with Gasteiger partial charge < -0.3 is 10.6 Å². The number of hydrogen-bond donors (Lipinski definition) is 2. The summed E-state index contributed by atoms with van der Waals surface area (Å²) >= 11 is 1.66. The fourth-order valence-electron chi connectivity index (χ4n) is 1.33. The highest BCUT2D eigenvalue weighted by Gasteiger charge is 2.04. The lowest BCUT2D eigenvalue weighted by atomic mass is 10.3. The normalized spacial score (nSPS) is 10.9. The van der Waals surface area contributed by atoms with E-state index in [1.54, 1.807) is 11.3 Å². The molecule has 0 unspecified atom stereocenters. The quantitative estimate of drug-likeness (QED) is 0.591. The van der Waals surface area contributed by atoms with Gasteiger partial charge in [-0.3, -0.25) is 4.79 Å². The van der Waals surface area contributed by atoms with Crippen molar-refractivity contribution in [1.29, 1.82) is 0 Å². The molecule has 0 aromatic carbocycles. The van der Waals surface area contributed by atoms with Crippen molar-refractivity contribution in [1.82, 2.24) is 5.32 Å². The lowest BCUT2D eigenvalue weighted by Gasteiger charge is -2.05. The zero-order valence-electron chi connectivity index (χ0n) is 9.75. The van der Waals surface area contributed by atoms with Crippen LogP contribution in [-0.2, 0) is 11.3 Å². The minimum Gasteiger partial charge on any atom is -0.325 e. The van der Waals surface area contributed by atoms with Crippen LogP contribution in [0.15, 0.2) is 23.6 Å². The molecule has 0 aliphatic carbocycles. The van der Waals surface area contributed by atoms with Crippen molar-refractivity contribution < 1.29 is 4.79 Å². The van der Waals surface area contributed by atoms with E-state index in [4.69, 9.17) is 0 Å². The van der Waals surface area contributed by atoms with Gasteiger partial charge in [0.15, 0.2) is 0 Å². The van der Waals surface area contributed by atoms with Crippen molar-refractivity contribution in [3.8, 4) is 0 Å². The maximum Gasteiger partial charge on any atom is 0.221 e. The first kappa shape index (κ1) is 12.9. The smallest absolute Gasteiger partial charge is 0.221 e. The van der Waals surface area contributed by atoms with Crippen LogP contribution in [0.2, 0.25) is 0 Å². The summed E-state index contributed by atoms with van der Waals surface area (Å²) in [6.45, 7) is 5.32. The second kappa shape index (κ2) is 7.19. The molecule has 0 aliphatic heterocycles. The standard InChI is InChI=1S/C12H18N2OS/c1-3-4-5-7-13-9-12-11(6-8-16-12)14-10(2)15/h3-4,6,8,13H,5,7,9H2,1-2H3,(H,14,15)/b4-3+. The monoisotopic (exact) mass is 238 g/mol. The molecule has 1 rings (SSSR count). The minimum atomic E-state index is -0.0198. The Labute approximate surface area is 101 Å². The Balaban J connectivity index is 2.35. The Morgan fingerprint density at radius 2 is 2.38 bits per heavy atom. The Morgan fingerprint density at radius 3 is 3.06 bits per heavy atom. The van der Waals surface area contributed by atoms with Gasteiger partial charge in [0.05, 0.1) is 5.69 Å². The predicted molar refractivity (Wildman–Crippen MR) is 69.8 cm³/mol. The van der Waals surface area contributed by atoms with Gasteiger partial charge in [0.25, 0.3) is 0 Å². The lowest BCUT2D eigenvalue weighted by Crippen LogP contribution is -2.15. The number of allylic oxidation sites excluding steroid dienone is 1. The van der Waals surface area contributed by atoms with E-state index in [0.717, 1.165) is 25.2 Å². The third-order valence-electron chi connectivity index (χ3n) is 2.07. The van der Waals surface area contributed by atoms with Crippen molar-refractivity contribution in [3.63, 3.8) is 0 Å². The second-order valence-corrected chi connectivity index (χ2v) is 4.47. The highest BCUT2D eigenvalue weighted by Crippen LogP contribution is 2.21. The van der Waals surface area contributed by atoms with Crippen LogP contribution in [0.3, 0.4) is 0 Å². The Hall–Kier alpha value is -1.13. The van der Waals surface area contributed by atoms with E-state index in [1.165, 1.54) is 11.8 Å². The Kier molecular flexibility index (Phi) is 5.82. The summed E-state index contributed by atoms with van der Waals surface area (Å²) in [5.41, 5.74) is 0.927. The molecule has 1 amide bonds. The summed E-state index contributed by atoms with van der Waals surface area (Å²) < 4.78 is 0. The molecule has 0 spiro atoms. The number of amides is 1. The predicted octanol–water partition coefficient (Wildman–Crippen LogP) is 2.76. The molecule has 0 fully saturated rings. The van der Waals surface area contributed by atoms with Crippen molar-refractivity contribution >= 4 is 22.9 Å². The number of carbonyl (C=O) groups excluding carboxylic acids is 1. The summed E-state index contributed by atoms with van der Waals surface area (Å²) in [6, 6.07) is 1.94. The van der Waals surface area contributed by atoms with Gasteiger partial charge in [-0.25, -0.2) is 0 Å². The Bertz CT molecular complexity index is 358. The fraction of sp³-hybridized carbons (Fsp3) is 0.417. The molecule has 16 heavy (non-hydrogen) atoms. The van der Waals surface area contributed by atoms with Crippen LogP contribution < -0.4 is 10.6 Å². The highest BCUT2D eigenvalue weighted by molar-refractivity contribution is 7.10. The van der Waals surface area contributed by atoms with E-state index in [0.29, 0.717) is 0 Å². The molecule has 0 radical (unpaired) electrons. The van der Waals surface area contributed by atoms with E-state index in [-0.39, 0.29) is 5.91 Å². The molecule has 0 bridgehead atoms. The molecule has 4 heteroatoms. The molecule has 88 valence electrons. The van der Waals surface area contributed by atoms with Crippen LogP contribution >= 0.6 is 11.3 Å². The van der Waals surface area contributed by atoms with Crippen LogP contribution in [0.4, 0.5) is 5.69 Å². The number of thiophene rings is 1. The summed E-state index contributed by atoms with van der Waals surface area (Å²) in [7, 11) is 0. The Morgan fingerprint density at radius 1 is 1.56 bits per heavy atom. The number of carbonyl (C=O) groups is 1. The molecule has 0 saturated carbocycles. The summed E-state index contributed by atoms with van der Waals surface area (Å²) in [4.78, 5) is 12.1. The van der Waals surface area contributed by atoms with Gasteiger partial charge in [-0.1, -0.05) is 12.2 Å². The van der Waals surface area contributed by atoms with Crippen LogP contribution in [0.5, 0.6) is 0 Å². The molecule has 1 aromatic heterocycles. The average Bonchev–Trinajstić information content (AvgIpc) is 2.64. The maximum atomic E-state index is 10.9. The maximum absolute atomic E-state index is 10.9. The van der Waals surface area contributed by atoms with Crippen molar-refractivity contribution in [2.75, 3.05) is 11.9 Å². The number of hydrogen-bond acceptors (Lipinski definition) is 3. The molecule has 1 aromatic rings. The minimum absolute atomic E-state index is 0.0198. The number of nitrogens with one attached hydrogen (secondary N) is 2. The van der Waals surface area contributed by atoms with Gasteiger partial charge in [-0.15, -0.1) is 11.3 Å². The third kappa shape index (κ3) is 4.59. The van der Waals surface area contributed by atoms with Crippen LogP contribution in [0.1, 0.15) is 25.1 Å². The van der Waals surface area contributed by atoms with Crippen molar-refractivity contribution in [3.05, 3.63) is 28.5 Å². The summed E-state index contributed by atoms with van der Waals surface area (Å²) in [5, 5.41) is 8.16. The van der Waals surface area contributed by atoms with Gasteiger partial charge in [0.2, 0.25) is 5.91 Å². The van der Waals surface area contributed by atoms with Crippen molar-refractivity contribution in [2.45, 2.75) is 26.8 Å². The largest absolute Gasteiger partial charge is 0.325 e.